The minimum absolute atomic E-state index is 0.0932. The Bertz CT molecular complexity index is 752. The lowest BCUT2D eigenvalue weighted by Gasteiger charge is -2.06. The molecule has 0 aliphatic heterocycles. The second-order valence-corrected chi connectivity index (χ2v) is 4.82. The summed E-state index contributed by atoms with van der Waals surface area (Å²) in [5.41, 5.74) is -1.15. The molecular formula is C15H20N4O4. The van der Waals surface area contributed by atoms with Gasteiger partial charge in [-0.3, -0.25) is 14.2 Å². The normalized spacial score (nSPS) is 11.1. The zero-order valence-corrected chi connectivity index (χ0v) is 13.5. The van der Waals surface area contributed by atoms with Crippen molar-refractivity contribution in [3.8, 4) is 6.07 Å². The molecule has 0 saturated heterocycles. The van der Waals surface area contributed by atoms with Crippen LogP contribution in [0, 0.1) is 11.3 Å². The zero-order chi connectivity index (χ0) is 17.4. The van der Waals surface area contributed by atoms with E-state index in [4.69, 9.17) is 10.00 Å². The summed E-state index contributed by atoms with van der Waals surface area (Å²) in [6.45, 7) is 3.36. The number of carbonyl (C=O) groups excluding carboxylic acids is 1. The molecule has 8 nitrogen and oxygen atoms in total. The van der Waals surface area contributed by atoms with Crippen molar-refractivity contribution in [3.05, 3.63) is 38.2 Å². The van der Waals surface area contributed by atoms with Crippen molar-refractivity contribution in [2.45, 2.75) is 13.3 Å². The molecule has 0 bridgehead atoms. The largest absolute Gasteiger partial charge is 0.382 e. The Morgan fingerprint density at radius 2 is 2.13 bits per heavy atom. The third-order valence-electron chi connectivity index (χ3n) is 3.09. The van der Waals surface area contributed by atoms with Crippen LogP contribution >= 0.6 is 0 Å². The van der Waals surface area contributed by atoms with Crippen LogP contribution in [0.4, 0.5) is 0 Å². The maximum atomic E-state index is 12.0. The Kier molecular flexibility index (Phi) is 6.96. The fourth-order valence-corrected chi connectivity index (χ4v) is 1.86. The summed E-state index contributed by atoms with van der Waals surface area (Å²) < 4.78 is 7.27. The van der Waals surface area contributed by atoms with Crippen LogP contribution in [0.5, 0.6) is 0 Å². The molecule has 0 aliphatic carbocycles. The van der Waals surface area contributed by atoms with Crippen LogP contribution in [0.3, 0.4) is 0 Å². The van der Waals surface area contributed by atoms with Crippen molar-refractivity contribution in [3.63, 3.8) is 0 Å². The summed E-state index contributed by atoms with van der Waals surface area (Å²) in [6, 6.07) is 1.77. The number of ether oxygens (including phenoxy) is 1. The Labute approximate surface area is 133 Å². The Morgan fingerprint density at radius 3 is 2.74 bits per heavy atom. The summed E-state index contributed by atoms with van der Waals surface area (Å²) >= 11 is 0. The van der Waals surface area contributed by atoms with E-state index in [1.165, 1.54) is 30.9 Å². The number of amides is 1. The number of hydrogen-bond donors (Lipinski definition) is 1. The van der Waals surface area contributed by atoms with Crippen molar-refractivity contribution in [1.82, 2.24) is 14.5 Å². The van der Waals surface area contributed by atoms with Gasteiger partial charge in [-0.15, -0.1) is 0 Å². The van der Waals surface area contributed by atoms with Crippen LogP contribution in [-0.4, -0.2) is 34.8 Å². The summed E-state index contributed by atoms with van der Waals surface area (Å²) in [5, 5.41) is 11.7. The molecule has 0 spiro atoms. The van der Waals surface area contributed by atoms with Crippen molar-refractivity contribution in [2.24, 2.45) is 14.1 Å². The summed E-state index contributed by atoms with van der Waals surface area (Å²) in [4.78, 5) is 35.5. The molecule has 0 aliphatic rings. The van der Waals surface area contributed by atoms with Gasteiger partial charge in [-0.1, -0.05) is 0 Å². The molecule has 8 heteroatoms. The maximum absolute atomic E-state index is 12.0. The van der Waals surface area contributed by atoms with E-state index in [9.17, 15) is 14.4 Å². The highest BCUT2D eigenvalue weighted by atomic mass is 16.5. The van der Waals surface area contributed by atoms with Crippen LogP contribution in [0.1, 0.15) is 18.9 Å². The van der Waals surface area contributed by atoms with Gasteiger partial charge >= 0.3 is 5.69 Å². The standard InChI is InChI=1S/C15H20N4O4/c1-4-23-7-5-6-17-13(20)11(9-16)8-12-10-18(2)15(22)19(3)14(12)21/h8,10H,4-7H2,1-3H3,(H,17,20)/b11-8+. The molecule has 1 amide bonds. The van der Waals surface area contributed by atoms with Gasteiger partial charge in [-0.05, 0) is 19.4 Å². The van der Waals surface area contributed by atoms with Crippen molar-refractivity contribution in [1.29, 1.82) is 5.26 Å². The lowest BCUT2D eigenvalue weighted by atomic mass is 10.2. The fourth-order valence-electron chi connectivity index (χ4n) is 1.86. The minimum atomic E-state index is -0.570. The summed E-state index contributed by atoms with van der Waals surface area (Å²) in [5.74, 6) is -0.570. The number of carbonyl (C=O) groups is 1. The third kappa shape index (κ3) is 4.93. The first-order valence-corrected chi connectivity index (χ1v) is 7.16. The second kappa shape index (κ2) is 8.70. The van der Waals surface area contributed by atoms with Crippen molar-refractivity contribution in [2.75, 3.05) is 19.8 Å². The predicted octanol–water partition coefficient (Wildman–Crippen LogP) is -0.466. The van der Waals surface area contributed by atoms with Gasteiger partial charge in [-0.2, -0.15) is 5.26 Å². The van der Waals surface area contributed by atoms with Crippen molar-refractivity contribution >= 4 is 12.0 Å². The molecule has 1 aromatic heterocycles. The van der Waals surface area contributed by atoms with Crippen LogP contribution < -0.4 is 16.6 Å². The minimum Gasteiger partial charge on any atom is -0.382 e. The number of nitrogens with one attached hydrogen (secondary N) is 1. The molecule has 0 aromatic carbocycles. The molecule has 1 aromatic rings. The van der Waals surface area contributed by atoms with E-state index in [0.717, 1.165) is 4.57 Å². The van der Waals surface area contributed by atoms with Gasteiger partial charge in [-0.25, -0.2) is 4.79 Å². The Morgan fingerprint density at radius 1 is 1.43 bits per heavy atom. The lowest BCUT2D eigenvalue weighted by molar-refractivity contribution is -0.117. The highest BCUT2D eigenvalue weighted by Gasteiger charge is 2.11. The molecule has 0 radical (unpaired) electrons. The maximum Gasteiger partial charge on any atom is 0.330 e. The molecule has 0 atom stereocenters. The number of hydrogen-bond acceptors (Lipinski definition) is 5. The number of nitriles is 1. The van der Waals surface area contributed by atoms with Crippen LogP contribution in [0.15, 0.2) is 21.4 Å². The van der Waals surface area contributed by atoms with Gasteiger partial charge in [0, 0.05) is 40.1 Å². The number of aromatic nitrogens is 2. The molecule has 23 heavy (non-hydrogen) atoms. The predicted molar refractivity (Wildman–Crippen MR) is 84.6 cm³/mol. The number of aryl methyl sites for hydroxylation is 1. The van der Waals surface area contributed by atoms with Gasteiger partial charge in [0.05, 0.1) is 5.56 Å². The van der Waals surface area contributed by atoms with E-state index in [0.29, 0.717) is 26.2 Å². The monoisotopic (exact) mass is 320 g/mol. The molecule has 1 N–H and O–H groups in total. The van der Waals surface area contributed by atoms with Gasteiger partial charge in [0.15, 0.2) is 0 Å². The molecule has 1 heterocycles. The molecule has 124 valence electrons. The number of nitrogens with zero attached hydrogens (tertiary/aromatic N) is 3. The Hall–Kier alpha value is -2.66. The Balaban J connectivity index is 2.92. The molecule has 1 rings (SSSR count). The van der Waals surface area contributed by atoms with Crippen LogP contribution in [-0.2, 0) is 23.6 Å². The van der Waals surface area contributed by atoms with Gasteiger partial charge in [0.25, 0.3) is 11.5 Å². The first-order chi connectivity index (χ1) is 10.9. The third-order valence-corrected chi connectivity index (χ3v) is 3.09. The summed E-state index contributed by atoms with van der Waals surface area (Å²) in [7, 11) is 2.82. The van der Waals surface area contributed by atoms with E-state index < -0.39 is 17.2 Å². The van der Waals surface area contributed by atoms with E-state index in [2.05, 4.69) is 5.32 Å². The molecule has 0 saturated carbocycles. The highest BCUT2D eigenvalue weighted by Crippen LogP contribution is 2.01. The van der Waals surface area contributed by atoms with Gasteiger partial charge < -0.3 is 14.6 Å². The number of rotatable bonds is 7. The van der Waals surface area contributed by atoms with Crippen LogP contribution in [0.2, 0.25) is 0 Å². The molecular weight excluding hydrogens is 300 g/mol. The van der Waals surface area contributed by atoms with E-state index in [-0.39, 0.29) is 11.1 Å². The van der Waals surface area contributed by atoms with Crippen LogP contribution in [0.25, 0.3) is 6.08 Å². The quantitative estimate of drug-likeness (QED) is 0.415. The smallest absolute Gasteiger partial charge is 0.330 e. The average molecular weight is 320 g/mol. The van der Waals surface area contributed by atoms with Gasteiger partial charge in [0.1, 0.15) is 11.6 Å². The lowest BCUT2D eigenvalue weighted by Crippen LogP contribution is -2.37. The fraction of sp³-hybridized carbons (Fsp3) is 0.467. The second-order valence-electron chi connectivity index (χ2n) is 4.82. The molecule has 0 fully saturated rings. The molecule has 0 unspecified atom stereocenters. The van der Waals surface area contributed by atoms with E-state index in [1.54, 1.807) is 6.07 Å². The first-order valence-electron chi connectivity index (χ1n) is 7.16. The van der Waals surface area contributed by atoms with Crippen molar-refractivity contribution < 1.29 is 9.53 Å². The first kappa shape index (κ1) is 18.4. The van der Waals surface area contributed by atoms with Gasteiger partial charge in [0.2, 0.25) is 0 Å². The SMILES string of the molecule is CCOCCCNC(=O)/C(C#N)=C/c1cn(C)c(=O)n(C)c1=O. The summed E-state index contributed by atoms with van der Waals surface area (Å²) in [6.07, 6.45) is 3.10. The topological polar surface area (TPSA) is 106 Å². The van der Waals surface area contributed by atoms with E-state index >= 15 is 0 Å². The highest BCUT2D eigenvalue weighted by molar-refractivity contribution is 6.01. The average Bonchev–Trinajstić information content (AvgIpc) is 2.54. The van der Waals surface area contributed by atoms with E-state index in [1.807, 2.05) is 6.92 Å². The zero-order valence-electron chi connectivity index (χ0n) is 13.5.